The molecule has 3 atom stereocenters. The van der Waals surface area contributed by atoms with Crippen LogP contribution in [-0.2, 0) is 0 Å². The van der Waals surface area contributed by atoms with Crippen LogP contribution < -0.4 is 5.32 Å². The van der Waals surface area contributed by atoms with Crippen LogP contribution >= 0.6 is 11.8 Å². The first-order valence-electron chi connectivity index (χ1n) is 6.16. The third-order valence-electron chi connectivity index (χ3n) is 3.48. The molecule has 1 aliphatic rings. The molecule has 0 spiro atoms. The van der Waals surface area contributed by atoms with Crippen LogP contribution in [0, 0.1) is 5.92 Å². The minimum Gasteiger partial charge on any atom is -0.395 e. The van der Waals surface area contributed by atoms with Gasteiger partial charge in [0.25, 0.3) is 0 Å². The molecule has 1 rings (SSSR count). The number of aliphatic hydroxyl groups excluding tert-OH is 1. The van der Waals surface area contributed by atoms with E-state index >= 15 is 0 Å². The highest BCUT2D eigenvalue weighted by Crippen LogP contribution is 2.28. The number of thioether (sulfide) groups is 1. The third kappa shape index (κ3) is 4.75. The highest BCUT2D eigenvalue weighted by molar-refractivity contribution is 7.98. The van der Waals surface area contributed by atoms with Crippen LogP contribution in [0.5, 0.6) is 0 Å². The van der Waals surface area contributed by atoms with E-state index in [0.29, 0.717) is 12.1 Å². The molecule has 0 aromatic heterocycles. The van der Waals surface area contributed by atoms with E-state index < -0.39 is 0 Å². The fourth-order valence-corrected chi connectivity index (χ4v) is 2.94. The van der Waals surface area contributed by atoms with Crippen LogP contribution in [0.2, 0.25) is 0 Å². The maximum Gasteiger partial charge on any atom is 0.0585 e. The average Bonchev–Trinajstić information content (AvgIpc) is 2.71. The highest BCUT2D eigenvalue weighted by atomic mass is 32.2. The van der Waals surface area contributed by atoms with E-state index in [1.165, 1.54) is 25.7 Å². The zero-order valence-corrected chi connectivity index (χ0v) is 10.9. The largest absolute Gasteiger partial charge is 0.395 e. The van der Waals surface area contributed by atoms with Gasteiger partial charge in [-0.2, -0.15) is 11.8 Å². The molecule has 0 amide bonds. The van der Waals surface area contributed by atoms with E-state index in [9.17, 15) is 5.11 Å². The lowest BCUT2D eigenvalue weighted by atomic mass is 10.1. The van der Waals surface area contributed by atoms with Crippen molar-refractivity contribution in [1.82, 2.24) is 5.32 Å². The molecule has 0 heterocycles. The normalized spacial score (nSPS) is 28.2. The first-order valence-corrected chi connectivity index (χ1v) is 7.55. The average molecular weight is 231 g/mol. The summed E-state index contributed by atoms with van der Waals surface area (Å²) in [6.07, 6.45) is 8.50. The van der Waals surface area contributed by atoms with Gasteiger partial charge in [-0.1, -0.05) is 13.3 Å². The number of nitrogens with one attached hydrogen (secondary N) is 1. The van der Waals surface area contributed by atoms with Gasteiger partial charge in [0.05, 0.1) is 6.61 Å². The first kappa shape index (κ1) is 13.3. The first-order chi connectivity index (χ1) is 7.30. The summed E-state index contributed by atoms with van der Waals surface area (Å²) >= 11 is 1.86. The topological polar surface area (TPSA) is 32.3 Å². The second kappa shape index (κ2) is 7.53. The Morgan fingerprint density at radius 1 is 1.47 bits per heavy atom. The summed E-state index contributed by atoms with van der Waals surface area (Å²) < 4.78 is 0. The molecule has 0 aromatic rings. The van der Waals surface area contributed by atoms with Gasteiger partial charge in [0.15, 0.2) is 0 Å². The van der Waals surface area contributed by atoms with Gasteiger partial charge in [0, 0.05) is 12.1 Å². The molecule has 1 fully saturated rings. The van der Waals surface area contributed by atoms with Crippen molar-refractivity contribution in [3.63, 3.8) is 0 Å². The summed E-state index contributed by atoms with van der Waals surface area (Å²) in [5.74, 6) is 2.06. The molecule has 2 nitrogen and oxygen atoms in total. The number of aliphatic hydroxyl groups is 1. The van der Waals surface area contributed by atoms with Gasteiger partial charge in [-0.15, -0.1) is 0 Å². The molecule has 3 unspecified atom stereocenters. The standard InChI is InChI=1S/C12H25NOS/c1-3-10-4-5-11(8-10)13-12(9-14)6-7-15-2/h10-14H,3-9H2,1-2H3. The molecule has 1 aliphatic carbocycles. The lowest BCUT2D eigenvalue weighted by Gasteiger charge is -2.21. The summed E-state index contributed by atoms with van der Waals surface area (Å²) in [7, 11) is 0. The predicted octanol–water partition coefficient (Wildman–Crippen LogP) is 2.27. The van der Waals surface area contributed by atoms with Crippen LogP contribution in [0.1, 0.15) is 39.0 Å². The van der Waals surface area contributed by atoms with E-state index in [2.05, 4.69) is 18.5 Å². The summed E-state index contributed by atoms with van der Waals surface area (Å²) in [4.78, 5) is 0. The zero-order valence-electron chi connectivity index (χ0n) is 10.0. The SMILES string of the molecule is CCC1CCC(NC(CO)CCSC)C1. The smallest absolute Gasteiger partial charge is 0.0585 e. The van der Waals surface area contributed by atoms with Crippen molar-refractivity contribution in [3.05, 3.63) is 0 Å². The lowest BCUT2D eigenvalue weighted by Crippen LogP contribution is -2.39. The number of hydrogen-bond acceptors (Lipinski definition) is 3. The van der Waals surface area contributed by atoms with Crippen molar-refractivity contribution in [2.24, 2.45) is 5.92 Å². The zero-order chi connectivity index (χ0) is 11.1. The predicted molar refractivity (Wildman–Crippen MR) is 68.4 cm³/mol. The summed E-state index contributed by atoms with van der Waals surface area (Å²) in [6.45, 7) is 2.57. The van der Waals surface area contributed by atoms with Gasteiger partial charge in [-0.25, -0.2) is 0 Å². The quantitative estimate of drug-likeness (QED) is 0.705. The van der Waals surface area contributed by atoms with Gasteiger partial charge in [0.2, 0.25) is 0 Å². The van der Waals surface area contributed by atoms with Crippen LogP contribution in [0.4, 0.5) is 0 Å². The maximum atomic E-state index is 9.26. The van der Waals surface area contributed by atoms with Gasteiger partial charge in [-0.3, -0.25) is 0 Å². The van der Waals surface area contributed by atoms with Crippen LogP contribution in [-0.4, -0.2) is 35.8 Å². The van der Waals surface area contributed by atoms with Crippen molar-refractivity contribution in [3.8, 4) is 0 Å². The van der Waals surface area contributed by atoms with Gasteiger partial charge in [0.1, 0.15) is 0 Å². The second-order valence-corrected chi connectivity index (χ2v) is 5.60. The molecule has 0 saturated heterocycles. The maximum absolute atomic E-state index is 9.26. The van der Waals surface area contributed by atoms with Crippen molar-refractivity contribution >= 4 is 11.8 Å². The molecule has 90 valence electrons. The Hall–Kier alpha value is 0.270. The number of hydrogen-bond donors (Lipinski definition) is 2. The molecule has 15 heavy (non-hydrogen) atoms. The van der Waals surface area contributed by atoms with Gasteiger partial charge >= 0.3 is 0 Å². The molecule has 0 radical (unpaired) electrons. The Balaban J connectivity index is 2.20. The second-order valence-electron chi connectivity index (χ2n) is 4.61. The van der Waals surface area contributed by atoms with Gasteiger partial charge in [-0.05, 0) is 43.6 Å². The Morgan fingerprint density at radius 2 is 2.27 bits per heavy atom. The Kier molecular flexibility index (Phi) is 6.69. The van der Waals surface area contributed by atoms with E-state index in [4.69, 9.17) is 0 Å². The van der Waals surface area contributed by atoms with Crippen molar-refractivity contribution < 1.29 is 5.11 Å². The summed E-state index contributed by atoms with van der Waals surface area (Å²) in [6, 6.07) is 0.979. The fraction of sp³-hybridized carbons (Fsp3) is 1.00. The molecule has 0 bridgehead atoms. The fourth-order valence-electron chi connectivity index (χ4n) is 2.42. The summed E-state index contributed by atoms with van der Waals surface area (Å²) in [5.41, 5.74) is 0. The molecule has 1 saturated carbocycles. The third-order valence-corrected chi connectivity index (χ3v) is 4.12. The van der Waals surface area contributed by atoms with Crippen molar-refractivity contribution in [1.29, 1.82) is 0 Å². The Labute approximate surface area is 98.2 Å². The van der Waals surface area contributed by atoms with Gasteiger partial charge < -0.3 is 10.4 Å². The Bertz CT molecular complexity index is 166. The molecule has 0 aromatic carbocycles. The van der Waals surface area contributed by atoms with Crippen LogP contribution in [0.15, 0.2) is 0 Å². The monoisotopic (exact) mass is 231 g/mol. The Morgan fingerprint density at radius 3 is 2.80 bits per heavy atom. The molecule has 2 N–H and O–H groups in total. The van der Waals surface area contributed by atoms with Crippen molar-refractivity contribution in [2.75, 3.05) is 18.6 Å². The summed E-state index contributed by atoms with van der Waals surface area (Å²) in [5, 5.41) is 12.9. The van der Waals surface area contributed by atoms with Crippen molar-refractivity contribution in [2.45, 2.75) is 51.1 Å². The van der Waals surface area contributed by atoms with E-state index in [1.807, 2.05) is 11.8 Å². The molecular weight excluding hydrogens is 206 g/mol. The van der Waals surface area contributed by atoms with Crippen LogP contribution in [0.25, 0.3) is 0 Å². The van der Waals surface area contributed by atoms with Crippen LogP contribution in [0.3, 0.4) is 0 Å². The van der Waals surface area contributed by atoms with E-state index in [-0.39, 0.29) is 6.61 Å². The van der Waals surface area contributed by atoms with E-state index in [0.717, 1.165) is 18.1 Å². The molecule has 0 aliphatic heterocycles. The molecular formula is C12H25NOS. The number of rotatable bonds is 7. The van der Waals surface area contributed by atoms with E-state index in [1.54, 1.807) is 0 Å². The lowest BCUT2D eigenvalue weighted by molar-refractivity contribution is 0.227. The minimum atomic E-state index is 0.286. The minimum absolute atomic E-state index is 0.286. The molecule has 3 heteroatoms. The highest BCUT2D eigenvalue weighted by Gasteiger charge is 2.24.